The molecule has 0 bridgehead atoms. The van der Waals surface area contributed by atoms with Gasteiger partial charge in [-0.1, -0.05) is 18.2 Å². The molecule has 0 radical (unpaired) electrons. The lowest BCUT2D eigenvalue weighted by Gasteiger charge is -2.34. The number of likely N-dealkylation sites (tertiary alicyclic amines) is 1. The predicted octanol–water partition coefficient (Wildman–Crippen LogP) is 3.50. The van der Waals surface area contributed by atoms with Gasteiger partial charge >= 0.3 is 0 Å². The van der Waals surface area contributed by atoms with E-state index in [0.717, 1.165) is 56.7 Å². The minimum Gasteiger partial charge on any atom is -0.341 e. The molecule has 1 saturated heterocycles. The minimum atomic E-state index is -0.124. The van der Waals surface area contributed by atoms with Crippen LogP contribution in [0.5, 0.6) is 0 Å². The summed E-state index contributed by atoms with van der Waals surface area (Å²) in [6.07, 6.45) is 8.37. The zero-order valence-corrected chi connectivity index (χ0v) is 16.8. The van der Waals surface area contributed by atoms with Gasteiger partial charge in [0.2, 0.25) is 0 Å². The first kappa shape index (κ1) is 19.6. The summed E-state index contributed by atoms with van der Waals surface area (Å²) in [6.45, 7) is 3.58. The van der Waals surface area contributed by atoms with Crippen molar-refractivity contribution in [3.05, 3.63) is 71.9 Å². The summed E-state index contributed by atoms with van der Waals surface area (Å²) in [4.78, 5) is 21.3. The normalized spacial score (nSPS) is 17.5. The molecule has 0 saturated carbocycles. The summed E-state index contributed by atoms with van der Waals surface area (Å²) in [5.41, 5.74) is 2.28. The van der Waals surface area contributed by atoms with Gasteiger partial charge in [0, 0.05) is 45.3 Å². The van der Waals surface area contributed by atoms with Crippen molar-refractivity contribution < 1.29 is 9.18 Å². The van der Waals surface area contributed by atoms with Gasteiger partial charge in [-0.25, -0.2) is 9.37 Å². The number of nitrogens with zero attached hydrogens (tertiary/aromatic N) is 4. The molecule has 1 aromatic carbocycles. The van der Waals surface area contributed by atoms with Crippen LogP contribution in [0.4, 0.5) is 4.39 Å². The van der Waals surface area contributed by atoms with Gasteiger partial charge in [-0.15, -0.1) is 0 Å². The van der Waals surface area contributed by atoms with E-state index in [4.69, 9.17) is 0 Å². The Hall–Kier alpha value is -2.73. The lowest BCUT2D eigenvalue weighted by atomic mass is 9.97. The highest BCUT2D eigenvalue weighted by atomic mass is 19.1. The van der Waals surface area contributed by atoms with E-state index < -0.39 is 0 Å². The van der Waals surface area contributed by atoms with Crippen molar-refractivity contribution in [2.24, 2.45) is 5.92 Å². The molecular weight excluding hydrogens is 367 g/mol. The fourth-order valence-electron chi connectivity index (χ4n) is 4.22. The van der Waals surface area contributed by atoms with Gasteiger partial charge in [0.1, 0.15) is 11.5 Å². The van der Waals surface area contributed by atoms with Gasteiger partial charge in [-0.05, 0) is 55.5 Å². The van der Waals surface area contributed by atoms with Crippen molar-refractivity contribution in [2.45, 2.75) is 19.3 Å². The number of carbonyl (C=O) groups is 1. The Morgan fingerprint density at radius 2 is 2.14 bits per heavy atom. The van der Waals surface area contributed by atoms with Crippen molar-refractivity contribution in [1.82, 2.24) is 19.2 Å². The monoisotopic (exact) mass is 394 g/mol. The number of aromatic nitrogens is 2. The lowest BCUT2D eigenvalue weighted by molar-refractivity contribution is 0.0730. The average Bonchev–Trinajstić information content (AvgIpc) is 3.21. The first-order valence-electron chi connectivity index (χ1n) is 10.2. The molecular formula is C23H27FN4O. The van der Waals surface area contributed by atoms with Gasteiger partial charge < -0.3 is 14.2 Å². The van der Waals surface area contributed by atoms with Gasteiger partial charge in [0.25, 0.3) is 5.91 Å². The standard InChI is InChI=1S/C23H27FN4O/c1-26(23(29)20-8-9-22-25-11-14-28(22)17-20)15-18-5-4-12-27(16-18)13-10-19-6-2-3-7-21(19)24/h2-3,6-9,11,14,17-18H,4-5,10,12-13,15-16H2,1H3/t18-/m1/s1. The van der Waals surface area contributed by atoms with Gasteiger partial charge in [0.05, 0.1) is 5.56 Å². The zero-order chi connectivity index (χ0) is 20.2. The quantitative estimate of drug-likeness (QED) is 0.643. The highest BCUT2D eigenvalue weighted by Crippen LogP contribution is 2.19. The van der Waals surface area contributed by atoms with Crippen LogP contribution in [-0.2, 0) is 6.42 Å². The maximum Gasteiger partial charge on any atom is 0.255 e. The highest BCUT2D eigenvalue weighted by Gasteiger charge is 2.23. The molecule has 5 nitrogen and oxygen atoms in total. The molecule has 1 amide bonds. The summed E-state index contributed by atoms with van der Waals surface area (Å²) >= 11 is 0. The van der Waals surface area contributed by atoms with Crippen LogP contribution in [0.2, 0.25) is 0 Å². The van der Waals surface area contributed by atoms with E-state index >= 15 is 0 Å². The van der Waals surface area contributed by atoms with E-state index in [-0.39, 0.29) is 11.7 Å². The number of hydrogen-bond acceptors (Lipinski definition) is 3. The maximum absolute atomic E-state index is 13.9. The second-order valence-electron chi connectivity index (χ2n) is 7.95. The number of pyridine rings is 1. The van der Waals surface area contributed by atoms with Gasteiger partial charge in [-0.3, -0.25) is 4.79 Å². The van der Waals surface area contributed by atoms with Crippen LogP contribution >= 0.6 is 0 Å². The fourth-order valence-corrected chi connectivity index (χ4v) is 4.22. The second kappa shape index (κ2) is 8.74. The number of imidazole rings is 1. The Kier molecular flexibility index (Phi) is 5.90. The molecule has 1 aliphatic heterocycles. The van der Waals surface area contributed by atoms with Crippen molar-refractivity contribution in [3.8, 4) is 0 Å². The van der Waals surface area contributed by atoms with Gasteiger partial charge in [0.15, 0.2) is 0 Å². The number of amides is 1. The van der Waals surface area contributed by atoms with Gasteiger partial charge in [-0.2, -0.15) is 0 Å². The van der Waals surface area contributed by atoms with Crippen molar-refractivity contribution in [2.75, 3.05) is 33.2 Å². The molecule has 3 aromatic rings. The van der Waals surface area contributed by atoms with Crippen LogP contribution in [0, 0.1) is 11.7 Å². The van der Waals surface area contributed by atoms with E-state index in [1.54, 1.807) is 12.3 Å². The minimum absolute atomic E-state index is 0.0316. The van der Waals surface area contributed by atoms with E-state index in [9.17, 15) is 9.18 Å². The molecule has 1 aliphatic rings. The molecule has 1 fully saturated rings. The number of carbonyl (C=O) groups excluding carboxylic acids is 1. The number of hydrogen-bond donors (Lipinski definition) is 0. The molecule has 4 rings (SSSR count). The molecule has 3 heterocycles. The molecule has 29 heavy (non-hydrogen) atoms. The molecule has 0 unspecified atom stereocenters. The Bertz CT molecular complexity index is 986. The third-order valence-corrected chi connectivity index (χ3v) is 5.77. The van der Waals surface area contributed by atoms with Crippen LogP contribution in [0.15, 0.2) is 55.0 Å². The summed E-state index contributed by atoms with van der Waals surface area (Å²) < 4.78 is 15.7. The molecule has 152 valence electrons. The number of rotatable bonds is 6. The van der Waals surface area contributed by atoms with Crippen LogP contribution in [-0.4, -0.2) is 58.3 Å². The van der Waals surface area contributed by atoms with Crippen molar-refractivity contribution in [1.29, 1.82) is 0 Å². The maximum atomic E-state index is 13.9. The molecule has 6 heteroatoms. The molecule has 0 aliphatic carbocycles. The molecule has 0 N–H and O–H groups in total. The Morgan fingerprint density at radius 3 is 3.00 bits per heavy atom. The fraction of sp³-hybridized carbons (Fsp3) is 0.391. The number of fused-ring (bicyclic) bond motifs is 1. The largest absolute Gasteiger partial charge is 0.341 e. The smallest absolute Gasteiger partial charge is 0.255 e. The van der Waals surface area contributed by atoms with Crippen LogP contribution in [0.1, 0.15) is 28.8 Å². The topological polar surface area (TPSA) is 40.8 Å². The zero-order valence-electron chi connectivity index (χ0n) is 16.8. The Morgan fingerprint density at radius 1 is 1.28 bits per heavy atom. The van der Waals surface area contributed by atoms with Crippen LogP contribution < -0.4 is 0 Å². The van der Waals surface area contributed by atoms with Crippen molar-refractivity contribution in [3.63, 3.8) is 0 Å². The summed E-state index contributed by atoms with van der Waals surface area (Å²) in [6, 6.07) is 10.7. The number of benzene rings is 1. The third kappa shape index (κ3) is 4.65. The average molecular weight is 394 g/mol. The van der Waals surface area contributed by atoms with Crippen LogP contribution in [0.3, 0.4) is 0 Å². The molecule has 0 spiro atoms. The van der Waals surface area contributed by atoms with E-state index in [1.165, 1.54) is 6.07 Å². The summed E-state index contributed by atoms with van der Waals surface area (Å²) in [5, 5.41) is 0. The first-order chi connectivity index (χ1) is 14.1. The van der Waals surface area contributed by atoms with E-state index in [1.807, 2.05) is 53.0 Å². The Balaban J connectivity index is 1.32. The molecule has 1 atom stereocenters. The predicted molar refractivity (Wildman–Crippen MR) is 111 cm³/mol. The summed E-state index contributed by atoms with van der Waals surface area (Å²) in [5.74, 6) is 0.348. The number of halogens is 1. The number of piperidine rings is 1. The second-order valence-corrected chi connectivity index (χ2v) is 7.95. The van der Waals surface area contributed by atoms with Crippen molar-refractivity contribution >= 4 is 11.6 Å². The molecule has 2 aromatic heterocycles. The third-order valence-electron chi connectivity index (χ3n) is 5.77. The first-order valence-corrected chi connectivity index (χ1v) is 10.2. The van der Waals surface area contributed by atoms with E-state index in [2.05, 4.69) is 9.88 Å². The lowest BCUT2D eigenvalue weighted by Crippen LogP contribution is -2.42. The van der Waals surface area contributed by atoms with Crippen LogP contribution in [0.25, 0.3) is 5.65 Å². The summed E-state index contributed by atoms with van der Waals surface area (Å²) in [7, 11) is 1.87. The SMILES string of the molecule is CN(C[C@H]1CCCN(CCc2ccccc2F)C1)C(=O)c1ccc2nccn2c1. The van der Waals surface area contributed by atoms with E-state index in [0.29, 0.717) is 11.5 Å². The highest BCUT2D eigenvalue weighted by molar-refractivity contribution is 5.94. The Labute approximate surface area is 170 Å².